The Kier molecular flexibility index (Phi) is 7.63. The quantitative estimate of drug-likeness (QED) is 0.116. The van der Waals surface area contributed by atoms with Crippen molar-refractivity contribution < 1.29 is 28.5 Å². The lowest BCUT2D eigenvalue weighted by atomic mass is 10.0. The Morgan fingerprint density at radius 1 is 0.526 bits per heavy atom. The standard InChI is InChI=1S/C30H20Cl2O6/c31-19-12-14-24-25(15-19)29(35-17-27(33)37-21-7-3-1-4-8-21)23-13-11-20(32)16-26(23)30(24)36-18-28(34)38-22-9-5-2-6-10-22/h1-16H,17-18H2. The van der Waals surface area contributed by atoms with Crippen molar-refractivity contribution in [2.24, 2.45) is 0 Å². The molecule has 0 atom stereocenters. The van der Waals surface area contributed by atoms with Gasteiger partial charge in [0.1, 0.15) is 23.0 Å². The summed E-state index contributed by atoms with van der Waals surface area (Å²) < 4.78 is 22.7. The van der Waals surface area contributed by atoms with Crippen molar-refractivity contribution in [1.29, 1.82) is 0 Å². The summed E-state index contributed by atoms with van der Waals surface area (Å²) in [6, 6.07) is 27.8. The molecule has 0 saturated carbocycles. The minimum atomic E-state index is -0.572. The number of hydrogen-bond acceptors (Lipinski definition) is 6. The van der Waals surface area contributed by atoms with Gasteiger partial charge < -0.3 is 18.9 Å². The van der Waals surface area contributed by atoms with Crippen LogP contribution in [0.2, 0.25) is 10.0 Å². The molecule has 5 aromatic rings. The van der Waals surface area contributed by atoms with E-state index in [1.807, 2.05) is 12.1 Å². The van der Waals surface area contributed by atoms with Crippen molar-refractivity contribution in [3.8, 4) is 23.0 Å². The average Bonchev–Trinajstić information content (AvgIpc) is 2.91. The molecule has 5 aromatic carbocycles. The number of para-hydroxylation sites is 2. The van der Waals surface area contributed by atoms with Gasteiger partial charge in [0.25, 0.3) is 0 Å². The molecule has 0 amide bonds. The van der Waals surface area contributed by atoms with Gasteiger partial charge in [0, 0.05) is 31.6 Å². The minimum Gasteiger partial charge on any atom is -0.481 e. The molecule has 5 rings (SSSR count). The lowest BCUT2D eigenvalue weighted by Gasteiger charge is -2.18. The highest BCUT2D eigenvalue weighted by atomic mass is 35.5. The van der Waals surface area contributed by atoms with Gasteiger partial charge in [-0.2, -0.15) is 0 Å². The summed E-state index contributed by atoms with van der Waals surface area (Å²) in [5.41, 5.74) is 0. The first-order chi connectivity index (χ1) is 18.5. The summed E-state index contributed by atoms with van der Waals surface area (Å²) in [5, 5.41) is 3.32. The summed E-state index contributed by atoms with van der Waals surface area (Å²) in [4.78, 5) is 25.0. The Morgan fingerprint density at radius 3 is 1.32 bits per heavy atom. The Balaban J connectivity index is 1.48. The van der Waals surface area contributed by atoms with E-state index in [1.54, 1.807) is 84.9 Å². The zero-order chi connectivity index (χ0) is 26.5. The number of carbonyl (C=O) groups is 2. The summed E-state index contributed by atoms with van der Waals surface area (Å²) in [7, 11) is 0. The van der Waals surface area contributed by atoms with E-state index in [9.17, 15) is 9.59 Å². The molecular formula is C30H20Cl2O6. The number of fused-ring (bicyclic) bond motifs is 2. The minimum absolute atomic E-state index is 0.349. The normalized spacial score (nSPS) is 10.8. The summed E-state index contributed by atoms with van der Waals surface area (Å²) in [6.07, 6.45) is 0. The van der Waals surface area contributed by atoms with Crippen molar-refractivity contribution in [1.82, 2.24) is 0 Å². The molecule has 0 saturated heterocycles. The number of esters is 2. The van der Waals surface area contributed by atoms with Crippen molar-refractivity contribution in [3.63, 3.8) is 0 Å². The Hall–Kier alpha value is -4.26. The highest BCUT2D eigenvalue weighted by Crippen LogP contribution is 2.44. The van der Waals surface area contributed by atoms with Gasteiger partial charge in [-0.25, -0.2) is 9.59 Å². The molecule has 8 heteroatoms. The van der Waals surface area contributed by atoms with E-state index in [2.05, 4.69) is 0 Å². The molecule has 0 aliphatic rings. The fourth-order valence-corrected chi connectivity index (χ4v) is 4.31. The van der Waals surface area contributed by atoms with Crippen molar-refractivity contribution in [2.75, 3.05) is 13.2 Å². The third kappa shape index (κ3) is 5.83. The van der Waals surface area contributed by atoms with Crippen LogP contribution in [-0.2, 0) is 9.59 Å². The third-order valence-electron chi connectivity index (χ3n) is 5.56. The van der Waals surface area contributed by atoms with E-state index in [4.69, 9.17) is 42.1 Å². The van der Waals surface area contributed by atoms with Gasteiger partial charge in [-0.15, -0.1) is 0 Å². The van der Waals surface area contributed by atoms with Gasteiger partial charge in [0.2, 0.25) is 0 Å². The molecule has 38 heavy (non-hydrogen) atoms. The van der Waals surface area contributed by atoms with E-state index in [1.165, 1.54) is 0 Å². The number of halogens is 2. The summed E-state index contributed by atoms with van der Waals surface area (Å²) in [6.45, 7) is -0.699. The molecular weight excluding hydrogens is 527 g/mol. The van der Waals surface area contributed by atoms with Crippen LogP contribution < -0.4 is 18.9 Å². The van der Waals surface area contributed by atoms with Crippen LogP contribution in [0.15, 0.2) is 97.1 Å². The van der Waals surface area contributed by atoms with Crippen LogP contribution in [0, 0.1) is 0 Å². The zero-order valence-corrected chi connectivity index (χ0v) is 21.4. The van der Waals surface area contributed by atoms with Crippen LogP contribution in [0.3, 0.4) is 0 Å². The number of hydrogen-bond donors (Lipinski definition) is 0. The maximum Gasteiger partial charge on any atom is 0.349 e. The monoisotopic (exact) mass is 546 g/mol. The smallest absolute Gasteiger partial charge is 0.349 e. The number of benzene rings is 5. The van der Waals surface area contributed by atoms with Gasteiger partial charge in [-0.05, 0) is 60.7 Å². The van der Waals surface area contributed by atoms with Crippen LogP contribution in [0.5, 0.6) is 23.0 Å². The summed E-state index contributed by atoms with van der Waals surface area (Å²) >= 11 is 12.6. The van der Waals surface area contributed by atoms with E-state index in [0.29, 0.717) is 54.6 Å². The molecule has 0 bridgehead atoms. The molecule has 0 radical (unpaired) electrons. The van der Waals surface area contributed by atoms with Crippen molar-refractivity contribution in [3.05, 3.63) is 107 Å². The first kappa shape index (κ1) is 25.4. The van der Waals surface area contributed by atoms with Crippen LogP contribution in [0.4, 0.5) is 0 Å². The molecule has 0 aromatic heterocycles. The maximum absolute atomic E-state index is 12.5. The second-order valence-electron chi connectivity index (χ2n) is 8.19. The first-order valence-corrected chi connectivity index (χ1v) is 12.3. The van der Waals surface area contributed by atoms with E-state index in [0.717, 1.165) is 0 Å². The molecule has 0 aliphatic carbocycles. The van der Waals surface area contributed by atoms with Gasteiger partial charge in [0.15, 0.2) is 13.2 Å². The molecule has 0 heterocycles. The fourth-order valence-electron chi connectivity index (χ4n) is 3.97. The van der Waals surface area contributed by atoms with E-state index >= 15 is 0 Å². The highest BCUT2D eigenvalue weighted by molar-refractivity contribution is 6.32. The number of carbonyl (C=O) groups excluding carboxylic acids is 2. The molecule has 6 nitrogen and oxygen atoms in total. The SMILES string of the molecule is O=C(COc1c2ccc(Cl)cc2c(OCC(=O)Oc2ccccc2)c2ccc(Cl)cc12)Oc1ccccc1. The average molecular weight is 547 g/mol. The van der Waals surface area contributed by atoms with Crippen molar-refractivity contribution in [2.45, 2.75) is 0 Å². The first-order valence-electron chi connectivity index (χ1n) is 11.6. The van der Waals surface area contributed by atoms with Crippen LogP contribution in [0.25, 0.3) is 21.5 Å². The van der Waals surface area contributed by atoms with Gasteiger partial charge >= 0.3 is 11.9 Å². The lowest BCUT2D eigenvalue weighted by Crippen LogP contribution is -2.18. The molecule has 0 fully saturated rings. The van der Waals surface area contributed by atoms with Gasteiger partial charge in [-0.1, -0.05) is 59.6 Å². The third-order valence-corrected chi connectivity index (χ3v) is 6.03. The molecule has 0 spiro atoms. The largest absolute Gasteiger partial charge is 0.481 e. The van der Waals surface area contributed by atoms with Gasteiger partial charge in [-0.3, -0.25) is 0 Å². The molecule has 0 unspecified atom stereocenters. The second-order valence-corrected chi connectivity index (χ2v) is 9.06. The fraction of sp³-hybridized carbons (Fsp3) is 0.0667. The molecule has 0 aliphatic heterocycles. The second kappa shape index (κ2) is 11.4. The van der Waals surface area contributed by atoms with Crippen LogP contribution in [0.1, 0.15) is 0 Å². The highest BCUT2D eigenvalue weighted by Gasteiger charge is 2.20. The number of rotatable bonds is 8. The topological polar surface area (TPSA) is 71.1 Å². The predicted molar refractivity (Wildman–Crippen MR) is 147 cm³/mol. The summed E-state index contributed by atoms with van der Waals surface area (Å²) in [5.74, 6) is 0.486. The maximum atomic E-state index is 12.5. The van der Waals surface area contributed by atoms with Crippen molar-refractivity contribution >= 4 is 56.7 Å². The Bertz CT molecular complexity index is 1500. The van der Waals surface area contributed by atoms with E-state index < -0.39 is 11.9 Å². The number of ether oxygens (including phenoxy) is 4. The predicted octanol–water partition coefficient (Wildman–Crippen LogP) is 7.27. The van der Waals surface area contributed by atoms with E-state index in [-0.39, 0.29) is 13.2 Å². The van der Waals surface area contributed by atoms with Crippen LogP contribution in [-0.4, -0.2) is 25.2 Å². The Morgan fingerprint density at radius 2 is 0.921 bits per heavy atom. The molecule has 0 N–H and O–H groups in total. The molecule has 190 valence electrons. The van der Waals surface area contributed by atoms with Crippen LogP contribution >= 0.6 is 23.2 Å². The Labute approximate surface area is 228 Å². The lowest BCUT2D eigenvalue weighted by molar-refractivity contribution is -0.137. The van der Waals surface area contributed by atoms with Gasteiger partial charge in [0.05, 0.1) is 0 Å². The zero-order valence-electron chi connectivity index (χ0n) is 19.9.